The Balaban J connectivity index is 1.73. The van der Waals surface area contributed by atoms with Gasteiger partial charge in [-0.1, -0.05) is 6.92 Å². The summed E-state index contributed by atoms with van der Waals surface area (Å²) in [5, 5.41) is 6.46. The van der Waals surface area contributed by atoms with Gasteiger partial charge in [-0.3, -0.25) is 0 Å². The Hall–Kier alpha value is -0.490. The highest BCUT2D eigenvalue weighted by Crippen LogP contribution is 2.14. The minimum Gasteiger partial charge on any atom is -0.379 e. The van der Waals surface area contributed by atoms with Crippen LogP contribution in [0.5, 0.6) is 0 Å². The van der Waals surface area contributed by atoms with Crippen molar-refractivity contribution in [2.75, 3.05) is 19.8 Å². The van der Waals surface area contributed by atoms with Crippen molar-refractivity contribution in [1.82, 2.24) is 10.3 Å². The molecular formula is C11H18N2O2S. The topological polar surface area (TPSA) is 43.4 Å². The van der Waals surface area contributed by atoms with Crippen molar-refractivity contribution in [2.24, 2.45) is 0 Å². The average Bonchev–Trinajstić information content (AvgIpc) is 2.95. The molecule has 2 heterocycles. The summed E-state index contributed by atoms with van der Waals surface area (Å²) < 4.78 is 11.0. The molecule has 16 heavy (non-hydrogen) atoms. The lowest BCUT2D eigenvalue weighted by molar-refractivity contribution is 0.0303. The number of hydrogen-bond acceptors (Lipinski definition) is 5. The van der Waals surface area contributed by atoms with Crippen molar-refractivity contribution in [3.05, 3.63) is 16.1 Å². The molecule has 1 aliphatic rings. The van der Waals surface area contributed by atoms with Crippen molar-refractivity contribution >= 4 is 11.3 Å². The van der Waals surface area contributed by atoms with E-state index in [0.717, 1.165) is 43.4 Å². The normalized spacial score (nSPS) is 20.4. The lowest BCUT2D eigenvalue weighted by atomic mass is 10.3. The summed E-state index contributed by atoms with van der Waals surface area (Å²) in [6.07, 6.45) is 1.27. The zero-order valence-electron chi connectivity index (χ0n) is 9.57. The first-order chi connectivity index (χ1) is 7.88. The Morgan fingerprint density at radius 2 is 2.62 bits per heavy atom. The van der Waals surface area contributed by atoms with Gasteiger partial charge in [-0.15, -0.1) is 11.3 Å². The van der Waals surface area contributed by atoms with Crippen LogP contribution >= 0.6 is 11.3 Å². The smallest absolute Gasteiger partial charge is 0.107 e. The zero-order chi connectivity index (χ0) is 11.2. The minimum absolute atomic E-state index is 0.263. The van der Waals surface area contributed by atoms with Crippen molar-refractivity contribution in [1.29, 1.82) is 0 Å². The van der Waals surface area contributed by atoms with Gasteiger partial charge in [-0.05, 0) is 13.0 Å². The number of ether oxygens (including phenoxy) is 2. The van der Waals surface area contributed by atoms with Crippen molar-refractivity contribution in [3.63, 3.8) is 0 Å². The first kappa shape index (κ1) is 12.0. The van der Waals surface area contributed by atoms with Gasteiger partial charge >= 0.3 is 0 Å². The van der Waals surface area contributed by atoms with Gasteiger partial charge in [-0.25, -0.2) is 4.98 Å². The van der Waals surface area contributed by atoms with E-state index >= 15 is 0 Å². The van der Waals surface area contributed by atoms with Crippen LogP contribution in [0.3, 0.4) is 0 Å². The van der Waals surface area contributed by atoms with Crippen LogP contribution in [0.1, 0.15) is 24.0 Å². The van der Waals surface area contributed by atoms with Gasteiger partial charge in [0.15, 0.2) is 0 Å². The molecule has 90 valence electrons. The van der Waals surface area contributed by atoms with Crippen molar-refractivity contribution in [3.8, 4) is 0 Å². The maximum absolute atomic E-state index is 5.71. The van der Waals surface area contributed by atoms with Gasteiger partial charge in [0.2, 0.25) is 0 Å². The molecule has 1 fully saturated rings. The monoisotopic (exact) mass is 242 g/mol. The van der Waals surface area contributed by atoms with Crippen LogP contribution < -0.4 is 5.32 Å². The molecule has 0 spiro atoms. The van der Waals surface area contributed by atoms with Crippen LogP contribution in [0.2, 0.25) is 0 Å². The van der Waals surface area contributed by atoms with Gasteiger partial charge in [0.1, 0.15) is 5.01 Å². The molecule has 0 radical (unpaired) electrons. The maximum atomic E-state index is 5.71. The molecule has 1 aromatic heterocycles. The number of nitrogens with one attached hydrogen (secondary N) is 1. The van der Waals surface area contributed by atoms with E-state index in [1.165, 1.54) is 0 Å². The second-order valence-electron chi connectivity index (χ2n) is 3.81. The van der Waals surface area contributed by atoms with Gasteiger partial charge in [0, 0.05) is 18.5 Å². The molecule has 0 amide bonds. The third-order valence-corrected chi connectivity index (χ3v) is 3.38. The average molecular weight is 242 g/mol. The molecule has 0 aliphatic carbocycles. The van der Waals surface area contributed by atoms with Crippen LogP contribution in [0, 0.1) is 0 Å². The molecule has 1 N–H and O–H groups in total. The molecule has 1 aromatic rings. The Morgan fingerprint density at radius 3 is 3.38 bits per heavy atom. The number of rotatable bonds is 6. The Labute approximate surface area is 100.0 Å². The molecule has 1 aliphatic heterocycles. The van der Waals surface area contributed by atoms with Crippen LogP contribution in [0.25, 0.3) is 0 Å². The summed E-state index contributed by atoms with van der Waals surface area (Å²) in [5.41, 5.74) is 1.03. The van der Waals surface area contributed by atoms with E-state index in [1.807, 2.05) is 0 Å². The minimum atomic E-state index is 0.263. The molecule has 5 heteroatoms. The lowest BCUT2D eigenvalue weighted by Crippen LogP contribution is -2.13. The second kappa shape index (κ2) is 6.30. The summed E-state index contributed by atoms with van der Waals surface area (Å²) in [5.74, 6) is 0. The molecule has 1 saturated heterocycles. The molecule has 0 aromatic carbocycles. The maximum Gasteiger partial charge on any atom is 0.107 e. The number of thiazole rings is 1. The highest BCUT2D eigenvalue weighted by atomic mass is 32.1. The van der Waals surface area contributed by atoms with Crippen LogP contribution in [0.15, 0.2) is 5.38 Å². The summed E-state index contributed by atoms with van der Waals surface area (Å²) in [6, 6.07) is 0. The zero-order valence-corrected chi connectivity index (χ0v) is 10.4. The fourth-order valence-corrected chi connectivity index (χ4v) is 2.32. The van der Waals surface area contributed by atoms with E-state index in [4.69, 9.17) is 9.47 Å². The predicted molar refractivity (Wildman–Crippen MR) is 63.5 cm³/mol. The summed E-state index contributed by atoms with van der Waals surface area (Å²) in [6.45, 7) is 6.09. The summed E-state index contributed by atoms with van der Waals surface area (Å²) in [7, 11) is 0. The van der Waals surface area contributed by atoms with E-state index in [2.05, 4.69) is 22.6 Å². The van der Waals surface area contributed by atoms with Crippen molar-refractivity contribution in [2.45, 2.75) is 32.6 Å². The van der Waals surface area contributed by atoms with Gasteiger partial charge < -0.3 is 14.8 Å². The second-order valence-corrected chi connectivity index (χ2v) is 4.75. The fourth-order valence-electron chi connectivity index (χ4n) is 1.58. The Morgan fingerprint density at radius 1 is 1.69 bits per heavy atom. The van der Waals surface area contributed by atoms with E-state index in [9.17, 15) is 0 Å². The van der Waals surface area contributed by atoms with E-state index in [-0.39, 0.29) is 6.10 Å². The summed E-state index contributed by atoms with van der Waals surface area (Å²) >= 11 is 1.69. The van der Waals surface area contributed by atoms with Crippen LogP contribution in [-0.4, -0.2) is 30.8 Å². The largest absolute Gasteiger partial charge is 0.379 e. The first-order valence-corrected chi connectivity index (χ1v) is 6.59. The number of aromatic nitrogens is 1. The molecular weight excluding hydrogens is 224 g/mol. The summed E-state index contributed by atoms with van der Waals surface area (Å²) in [4.78, 5) is 4.50. The van der Waals surface area contributed by atoms with Crippen molar-refractivity contribution < 1.29 is 9.47 Å². The van der Waals surface area contributed by atoms with Crippen LogP contribution in [0.4, 0.5) is 0 Å². The third-order valence-electron chi connectivity index (χ3n) is 2.48. The Bertz CT molecular complexity index is 311. The van der Waals surface area contributed by atoms with Gasteiger partial charge in [0.25, 0.3) is 0 Å². The highest BCUT2D eigenvalue weighted by Gasteiger charge is 2.16. The molecule has 4 nitrogen and oxygen atoms in total. The van der Waals surface area contributed by atoms with E-state index in [0.29, 0.717) is 6.61 Å². The first-order valence-electron chi connectivity index (χ1n) is 5.72. The molecule has 2 rings (SSSR count). The van der Waals surface area contributed by atoms with Gasteiger partial charge in [-0.2, -0.15) is 0 Å². The molecule has 0 bridgehead atoms. The van der Waals surface area contributed by atoms with E-state index in [1.54, 1.807) is 11.3 Å². The highest BCUT2D eigenvalue weighted by molar-refractivity contribution is 7.09. The molecule has 1 atom stereocenters. The molecule has 1 unspecified atom stereocenters. The number of hydrogen-bond donors (Lipinski definition) is 1. The van der Waals surface area contributed by atoms with E-state index < -0.39 is 0 Å². The number of nitrogens with zero attached hydrogens (tertiary/aromatic N) is 1. The van der Waals surface area contributed by atoms with Crippen LogP contribution in [-0.2, 0) is 22.6 Å². The SMILES string of the molecule is CCNCc1nc(COC2CCOC2)cs1. The fraction of sp³-hybridized carbons (Fsp3) is 0.727. The molecule has 0 saturated carbocycles. The third kappa shape index (κ3) is 3.52. The lowest BCUT2D eigenvalue weighted by Gasteiger charge is -2.07. The quantitative estimate of drug-likeness (QED) is 0.822. The predicted octanol–water partition coefficient (Wildman–Crippen LogP) is 1.56. The van der Waals surface area contributed by atoms with Gasteiger partial charge in [0.05, 0.1) is 25.0 Å². The standard InChI is InChI=1S/C11H18N2O2S/c1-2-12-5-11-13-9(8-16-11)6-15-10-3-4-14-7-10/h8,10,12H,2-7H2,1H3. The Kier molecular flexibility index (Phi) is 4.71.